The second-order valence-corrected chi connectivity index (χ2v) is 6.21. The molecule has 0 saturated heterocycles. The van der Waals surface area contributed by atoms with E-state index >= 15 is 0 Å². The van der Waals surface area contributed by atoms with E-state index in [0.29, 0.717) is 17.0 Å². The summed E-state index contributed by atoms with van der Waals surface area (Å²) < 4.78 is 10.5. The molecule has 3 rings (SSSR count). The minimum atomic E-state index is -0.369. The van der Waals surface area contributed by atoms with Crippen molar-refractivity contribution in [2.45, 2.75) is 12.8 Å². The number of carbonyl (C=O) groups is 1. The number of anilines is 1. The Morgan fingerprint density at radius 3 is 2.44 bits per heavy atom. The van der Waals surface area contributed by atoms with Crippen LogP contribution in [0.2, 0.25) is 0 Å². The van der Waals surface area contributed by atoms with E-state index in [0.717, 1.165) is 22.1 Å². The third-order valence-electron chi connectivity index (χ3n) is 4.55. The van der Waals surface area contributed by atoms with Gasteiger partial charge in [0.05, 0.1) is 37.5 Å². The number of rotatable bonds is 5. The number of amides is 1. The Hall–Kier alpha value is -3.52. The molecule has 0 fully saturated rings. The van der Waals surface area contributed by atoms with Crippen LogP contribution in [0.3, 0.4) is 0 Å². The smallest absolute Gasteiger partial charge is 0.231 e. The number of ether oxygens (including phenoxy) is 2. The number of benzene rings is 3. The number of nitriles is 1. The zero-order valence-corrected chi connectivity index (χ0v) is 15.4. The minimum Gasteiger partial charge on any atom is -0.497 e. The van der Waals surface area contributed by atoms with Crippen LogP contribution in [0.25, 0.3) is 10.8 Å². The molecule has 3 aromatic rings. The van der Waals surface area contributed by atoms with Crippen molar-refractivity contribution in [3.63, 3.8) is 0 Å². The van der Waals surface area contributed by atoms with Crippen molar-refractivity contribution in [2.75, 3.05) is 19.5 Å². The molecule has 0 spiro atoms. The topological polar surface area (TPSA) is 71.3 Å². The van der Waals surface area contributed by atoms with Crippen LogP contribution in [0.5, 0.6) is 11.5 Å². The fraction of sp³-hybridized carbons (Fsp3) is 0.182. The number of nitrogens with zero attached hydrogens (tertiary/aromatic N) is 1. The Morgan fingerprint density at radius 1 is 1.00 bits per heavy atom. The van der Waals surface area contributed by atoms with Gasteiger partial charge in [0.2, 0.25) is 5.91 Å². The average molecular weight is 360 g/mol. The first kappa shape index (κ1) is 18.3. The molecule has 27 heavy (non-hydrogen) atoms. The fourth-order valence-corrected chi connectivity index (χ4v) is 2.91. The van der Waals surface area contributed by atoms with Gasteiger partial charge in [0.1, 0.15) is 11.5 Å². The summed E-state index contributed by atoms with van der Waals surface area (Å²) in [6, 6.07) is 18.7. The zero-order chi connectivity index (χ0) is 19.4. The predicted molar refractivity (Wildman–Crippen MR) is 105 cm³/mol. The highest BCUT2D eigenvalue weighted by Crippen LogP contribution is 2.29. The van der Waals surface area contributed by atoms with Crippen molar-refractivity contribution < 1.29 is 14.3 Å². The van der Waals surface area contributed by atoms with Gasteiger partial charge >= 0.3 is 0 Å². The van der Waals surface area contributed by atoms with E-state index in [1.54, 1.807) is 25.3 Å². The maximum atomic E-state index is 12.7. The monoisotopic (exact) mass is 360 g/mol. The zero-order valence-electron chi connectivity index (χ0n) is 15.4. The quantitative estimate of drug-likeness (QED) is 0.729. The Bertz CT molecular complexity index is 1040. The lowest BCUT2D eigenvalue weighted by Gasteiger charge is -2.15. The van der Waals surface area contributed by atoms with Gasteiger partial charge in [0.15, 0.2) is 0 Å². The van der Waals surface area contributed by atoms with Gasteiger partial charge in [-0.25, -0.2) is 0 Å². The lowest BCUT2D eigenvalue weighted by Crippen LogP contribution is -2.19. The molecule has 5 nitrogen and oxygen atoms in total. The molecule has 136 valence electrons. The van der Waals surface area contributed by atoms with E-state index in [-0.39, 0.29) is 11.8 Å². The average Bonchev–Trinajstić information content (AvgIpc) is 2.72. The van der Waals surface area contributed by atoms with Gasteiger partial charge < -0.3 is 14.8 Å². The van der Waals surface area contributed by atoms with E-state index in [2.05, 4.69) is 11.4 Å². The van der Waals surface area contributed by atoms with Gasteiger partial charge in [-0.05, 0) is 53.6 Å². The Morgan fingerprint density at radius 2 is 1.74 bits per heavy atom. The van der Waals surface area contributed by atoms with Gasteiger partial charge in [0, 0.05) is 0 Å². The summed E-state index contributed by atoms with van der Waals surface area (Å²) in [5.41, 5.74) is 1.85. The lowest BCUT2D eigenvalue weighted by atomic mass is 9.97. The van der Waals surface area contributed by atoms with Gasteiger partial charge in [-0.15, -0.1) is 0 Å². The van der Waals surface area contributed by atoms with Gasteiger partial charge in [0.25, 0.3) is 0 Å². The molecule has 3 aromatic carbocycles. The predicted octanol–water partition coefficient (Wildman–Crippen LogP) is 4.47. The molecule has 0 heterocycles. The first-order chi connectivity index (χ1) is 13.0. The molecular formula is C22H20N2O3. The van der Waals surface area contributed by atoms with Gasteiger partial charge in [-0.1, -0.05) is 24.3 Å². The van der Waals surface area contributed by atoms with Crippen LogP contribution in [-0.4, -0.2) is 20.1 Å². The molecule has 0 bridgehead atoms. The number of fused-ring (bicyclic) bond motifs is 1. The molecule has 0 saturated carbocycles. The summed E-state index contributed by atoms with van der Waals surface area (Å²) in [7, 11) is 3.16. The lowest BCUT2D eigenvalue weighted by molar-refractivity contribution is -0.117. The SMILES string of the molecule is COc1ccc2cc([C@H](C)C(=O)Nc3cc(C#N)ccc3OC)ccc2c1. The van der Waals surface area contributed by atoms with Crippen LogP contribution in [-0.2, 0) is 4.79 Å². The van der Waals surface area contributed by atoms with E-state index in [1.165, 1.54) is 7.11 Å². The molecule has 0 aliphatic heterocycles. The molecule has 0 aliphatic carbocycles. The first-order valence-electron chi connectivity index (χ1n) is 8.52. The van der Waals surface area contributed by atoms with Crippen molar-refractivity contribution >= 4 is 22.4 Å². The highest BCUT2D eigenvalue weighted by molar-refractivity contribution is 5.97. The maximum Gasteiger partial charge on any atom is 0.231 e. The van der Waals surface area contributed by atoms with Crippen LogP contribution in [0.15, 0.2) is 54.6 Å². The highest BCUT2D eigenvalue weighted by Gasteiger charge is 2.18. The standard InChI is InChI=1S/C22H20N2O3/c1-14(16-5-6-18-12-19(26-2)8-7-17(18)11-16)22(25)24-20-10-15(13-23)4-9-21(20)27-3/h4-12,14H,1-3H3,(H,24,25)/t14-/m0/s1. The third kappa shape index (κ3) is 3.85. The van der Waals surface area contributed by atoms with Crippen LogP contribution in [0.1, 0.15) is 24.0 Å². The number of carbonyl (C=O) groups excluding carboxylic acids is 1. The molecule has 0 aliphatic rings. The fourth-order valence-electron chi connectivity index (χ4n) is 2.91. The minimum absolute atomic E-state index is 0.170. The second kappa shape index (κ2) is 7.79. The summed E-state index contributed by atoms with van der Waals surface area (Å²) in [6.45, 7) is 1.85. The molecule has 0 unspecified atom stereocenters. The molecular weight excluding hydrogens is 340 g/mol. The van der Waals surface area contributed by atoms with Crippen LogP contribution < -0.4 is 14.8 Å². The number of nitrogens with one attached hydrogen (secondary N) is 1. The normalized spacial score (nSPS) is 11.5. The Kier molecular flexibility index (Phi) is 5.28. The summed E-state index contributed by atoms with van der Waals surface area (Å²) in [5.74, 6) is 0.772. The highest BCUT2D eigenvalue weighted by atomic mass is 16.5. The van der Waals surface area contributed by atoms with Gasteiger partial charge in [-0.2, -0.15) is 5.26 Å². The van der Waals surface area contributed by atoms with Crippen molar-refractivity contribution in [1.29, 1.82) is 5.26 Å². The molecule has 1 N–H and O–H groups in total. The van der Waals surface area contributed by atoms with E-state index in [1.807, 2.05) is 43.3 Å². The summed E-state index contributed by atoms with van der Waals surface area (Å²) in [6.07, 6.45) is 0. The Labute approximate surface area is 158 Å². The molecule has 1 atom stereocenters. The Balaban J connectivity index is 1.85. The van der Waals surface area contributed by atoms with Crippen molar-refractivity contribution in [3.05, 3.63) is 65.7 Å². The van der Waals surface area contributed by atoms with E-state index < -0.39 is 0 Å². The maximum absolute atomic E-state index is 12.7. The van der Waals surface area contributed by atoms with Crippen molar-refractivity contribution in [2.24, 2.45) is 0 Å². The molecule has 0 radical (unpaired) electrons. The molecule has 5 heteroatoms. The molecule has 0 aromatic heterocycles. The summed E-state index contributed by atoms with van der Waals surface area (Å²) in [5, 5.41) is 14.0. The number of hydrogen-bond donors (Lipinski definition) is 1. The number of methoxy groups -OCH3 is 2. The van der Waals surface area contributed by atoms with Crippen molar-refractivity contribution in [1.82, 2.24) is 0 Å². The summed E-state index contributed by atoms with van der Waals surface area (Å²) >= 11 is 0. The van der Waals surface area contributed by atoms with E-state index in [9.17, 15) is 4.79 Å². The summed E-state index contributed by atoms with van der Waals surface area (Å²) in [4.78, 5) is 12.7. The molecule has 1 amide bonds. The number of hydrogen-bond acceptors (Lipinski definition) is 4. The van der Waals surface area contributed by atoms with E-state index in [4.69, 9.17) is 14.7 Å². The van der Waals surface area contributed by atoms with Crippen molar-refractivity contribution in [3.8, 4) is 17.6 Å². The van der Waals surface area contributed by atoms with Crippen LogP contribution in [0.4, 0.5) is 5.69 Å². The van der Waals surface area contributed by atoms with Gasteiger partial charge in [-0.3, -0.25) is 4.79 Å². The van der Waals surface area contributed by atoms with Crippen LogP contribution >= 0.6 is 0 Å². The van der Waals surface area contributed by atoms with Crippen LogP contribution in [0, 0.1) is 11.3 Å². The largest absolute Gasteiger partial charge is 0.497 e. The first-order valence-corrected chi connectivity index (χ1v) is 8.52. The second-order valence-electron chi connectivity index (χ2n) is 6.21. The third-order valence-corrected chi connectivity index (χ3v) is 4.55.